The Labute approximate surface area is 90.7 Å². The summed E-state index contributed by atoms with van der Waals surface area (Å²) in [6.45, 7) is 7.21. The molecule has 1 heterocycles. The molecule has 4 nitrogen and oxygen atoms in total. The lowest BCUT2D eigenvalue weighted by Crippen LogP contribution is -2.24. The van der Waals surface area contributed by atoms with Gasteiger partial charge in [0.2, 0.25) is 0 Å². The van der Waals surface area contributed by atoms with E-state index in [1.54, 1.807) is 6.20 Å². The van der Waals surface area contributed by atoms with Gasteiger partial charge in [0.25, 0.3) is 0 Å². The number of hydrogen-bond donors (Lipinski definition) is 2. The Kier molecular flexibility index (Phi) is 4.03. The van der Waals surface area contributed by atoms with Crippen molar-refractivity contribution in [1.29, 1.82) is 0 Å². The van der Waals surface area contributed by atoms with E-state index in [0.717, 1.165) is 24.3 Å². The van der Waals surface area contributed by atoms with Gasteiger partial charge in [-0.2, -0.15) is 5.10 Å². The summed E-state index contributed by atoms with van der Waals surface area (Å²) in [6.07, 6.45) is 2.50. The Morgan fingerprint density at radius 2 is 2.20 bits per heavy atom. The molecule has 2 N–H and O–H groups in total. The number of anilines is 1. The van der Waals surface area contributed by atoms with Crippen LogP contribution >= 0.6 is 0 Å². The molecular weight excluding hydrogens is 190 g/mol. The van der Waals surface area contributed by atoms with Crippen molar-refractivity contribution in [2.24, 2.45) is 5.41 Å². The zero-order valence-electron chi connectivity index (χ0n) is 9.62. The molecule has 0 unspecified atom stereocenters. The number of aliphatic hydroxyl groups excluding tert-OH is 1. The van der Waals surface area contributed by atoms with Crippen molar-refractivity contribution < 1.29 is 5.11 Å². The number of aromatic nitrogens is 2. The molecule has 0 aliphatic heterocycles. The molecule has 0 amide bonds. The molecule has 0 aliphatic carbocycles. The largest absolute Gasteiger partial charge is 0.396 e. The molecule has 0 bridgehead atoms. The van der Waals surface area contributed by atoms with Crippen molar-refractivity contribution >= 4 is 5.82 Å². The molecule has 0 saturated heterocycles. The van der Waals surface area contributed by atoms with Crippen molar-refractivity contribution in [2.45, 2.75) is 27.2 Å². The third kappa shape index (κ3) is 4.25. The van der Waals surface area contributed by atoms with Crippen LogP contribution in [0.5, 0.6) is 0 Å². The maximum atomic E-state index is 8.89. The van der Waals surface area contributed by atoms with Crippen LogP contribution in [-0.4, -0.2) is 28.5 Å². The van der Waals surface area contributed by atoms with Gasteiger partial charge >= 0.3 is 0 Å². The summed E-state index contributed by atoms with van der Waals surface area (Å²) in [6, 6.07) is 1.96. The van der Waals surface area contributed by atoms with E-state index in [2.05, 4.69) is 29.4 Å². The molecule has 0 aromatic carbocycles. The highest BCUT2D eigenvalue weighted by Gasteiger charge is 2.16. The zero-order chi connectivity index (χ0) is 11.3. The van der Waals surface area contributed by atoms with E-state index in [4.69, 9.17) is 5.11 Å². The molecule has 84 valence electrons. The lowest BCUT2D eigenvalue weighted by atomic mass is 9.90. The summed E-state index contributed by atoms with van der Waals surface area (Å²) in [7, 11) is 0. The fraction of sp³-hybridized carbons (Fsp3) is 0.636. The van der Waals surface area contributed by atoms with Gasteiger partial charge in [-0.3, -0.25) is 0 Å². The molecular formula is C11H19N3O. The van der Waals surface area contributed by atoms with E-state index >= 15 is 0 Å². The summed E-state index contributed by atoms with van der Waals surface area (Å²) < 4.78 is 0. The number of nitrogens with one attached hydrogen (secondary N) is 1. The van der Waals surface area contributed by atoms with Gasteiger partial charge in [0.15, 0.2) is 0 Å². The molecule has 0 aliphatic rings. The van der Waals surface area contributed by atoms with Crippen molar-refractivity contribution in [3.8, 4) is 0 Å². The van der Waals surface area contributed by atoms with Crippen LogP contribution in [0.2, 0.25) is 0 Å². The van der Waals surface area contributed by atoms with E-state index in [0.29, 0.717) is 0 Å². The van der Waals surface area contributed by atoms with Crippen LogP contribution in [0.4, 0.5) is 5.82 Å². The van der Waals surface area contributed by atoms with Gasteiger partial charge in [0.1, 0.15) is 5.82 Å². The van der Waals surface area contributed by atoms with E-state index in [1.165, 1.54) is 0 Å². The molecule has 0 fully saturated rings. The molecule has 0 radical (unpaired) electrons. The highest BCUT2D eigenvalue weighted by molar-refractivity contribution is 5.35. The lowest BCUT2D eigenvalue weighted by Gasteiger charge is -2.23. The second-order valence-corrected chi connectivity index (χ2v) is 4.61. The average Bonchev–Trinajstić information content (AvgIpc) is 2.15. The minimum atomic E-state index is 0.0696. The Hall–Kier alpha value is -1.16. The van der Waals surface area contributed by atoms with Crippen LogP contribution in [0, 0.1) is 12.3 Å². The third-order valence-electron chi connectivity index (χ3n) is 2.33. The van der Waals surface area contributed by atoms with Gasteiger partial charge in [0, 0.05) is 13.2 Å². The van der Waals surface area contributed by atoms with Crippen LogP contribution < -0.4 is 5.32 Å². The second-order valence-electron chi connectivity index (χ2n) is 4.61. The lowest BCUT2D eigenvalue weighted by molar-refractivity contribution is 0.220. The van der Waals surface area contributed by atoms with Crippen LogP contribution in [0.25, 0.3) is 0 Å². The van der Waals surface area contributed by atoms with E-state index in [9.17, 15) is 0 Å². The Morgan fingerprint density at radius 1 is 1.47 bits per heavy atom. The van der Waals surface area contributed by atoms with Crippen molar-refractivity contribution in [3.63, 3.8) is 0 Å². The fourth-order valence-corrected chi connectivity index (χ4v) is 1.27. The first kappa shape index (κ1) is 11.9. The first-order valence-corrected chi connectivity index (χ1v) is 5.17. The normalized spacial score (nSPS) is 11.5. The van der Waals surface area contributed by atoms with Crippen LogP contribution in [0.15, 0.2) is 12.3 Å². The summed E-state index contributed by atoms with van der Waals surface area (Å²) in [4.78, 5) is 0. The van der Waals surface area contributed by atoms with Crippen LogP contribution in [0.3, 0.4) is 0 Å². The first-order chi connectivity index (χ1) is 7.03. The minimum Gasteiger partial charge on any atom is -0.396 e. The molecule has 4 heteroatoms. The predicted octanol–water partition coefficient (Wildman–Crippen LogP) is 1.61. The topological polar surface area (TPSA) is 58.0 Å². The second kappa shape index (κ2) is 5.07. The molecule has 1 rings (SSSR count). The molecule has 0 saturated carbocycles. The molecule has 0 atom stereocenters. The standard InChI is InChI=1S/C11H19N3O/c1-9-6-10(14-13-7-9)12-8-11(2,3)4-5-15/h6-7,15H,4-5,8H2,1-3H3,(H,12,14). The first-order valence-electron chi connectivity index (χ1n) is 5.17. The van der Waals surface area contributed by atoms with Gasteiger partial charge in [-0.1, -0.05) is 13.8 Å². The van der Waals surface area contributed by atoms with Crippen LogP contribution in [0.1, 0.15) is 25.8 Å². The number of aryl methyl sites for hydroxylation is 1. The van der Waals surface area contributed by atoms with Gasteiger partial charge in [-0.15, -0.1) is 5.10 Å². The monoisotopic (exact) mass is 209 g/mol. The Bertz CT molecular complexity index is 312. The summed E-state index contributed by atoms with van der Waals surface area (Å²) in [5.41, 5.74) is 1.16. The SMILES string of the molecule is Cc1cnnc(NCC(C)(C)CCO)c1. The predicted molar refractivity (Wildman–Crippen MR) is 60.7 cm³/mol. The van der Waals surface area contributed by atoms with E-state index < -0.39 is 0 Å². The van der Waals surface area contributed by atoms with E-state index in [1.807, 2.05) is 13.0 Å². The molecule has 0 spiro atoms. The third-order valence-corrected chi connectivity index (χ3v) is 2.33. The summed E-state index contributed by atoms with van der Waals surface area (Å²) >= 11 is 0. The Morgan fingerprint density at radius 3 is 2.80 bits per heavy atom. The highest BCUT2D eigenvalue weighted by Crippen LogP contribution is 2.20. The molecule has 1 aromatic rings. The van der Waals surface area contributed by atoms with Gasteiger partial charge in [0.05, 0.1) is 6.20 Å². The molecule has 15 heavy (non-hydrogen) atoms. The van der Waals surface area contributed by atoms with Crippen molar-refractivity contribution in [2.75, 3.05) is 18.5 Å². The van der Waals surface area contributed by atoms with Gasteiger partial charge < -0.3 is 10.4 Å². The fourth-order valence-electron chi connectivity index (χ4n) is 1.27. The maximum Gasteiger partial charge on any atom is 0.148 e. The number of rotatable bonds is 5. The summed E-state index contributed by atoms with van der Waals surface area (Å²) in [5.74, 6) is 0.793. The zero-order valence-corrected chi connectivity index (χ0v) is 9.62. The summed E-state index contributed by atoms with van der Waals surface area (Å²) in [5, 5.41) is 20.0. The number of aliphatic hydroxyl groups is 1. The van der Waals surface area contributed by atoms with E-state index in [-0.39, 0.29) is 12.0 Å². The van der Waals surface area contributed by atoms with Crippen molar-refractivity contribution in [3.05, 3.63) is 17.8 Å². The maximum absolute atomic E-state index is 8.89. The van der Waals surface area contributed by atoms with Crippen molar-refractivity contribution in [1.82, 2.24) is 10.2 Å². The Balaban J connectivity index is 2.49. The number of hydrogen-bond acceptors (Lipinski definition) is 4. The average molecular weight is 209 g/mol. The van der Waals surface area contributed by atoms with Crippen LogP contribution in [-0.2, 0) is 0 Å². The highest BCUT2D eigenvalue weighted by atomic mass is 16.3. The quantitative estimate of drug-likeness (QED) is 0.773. The number of nitrogens with zero attached hydrogens (tertiary/aromatic N) is 2. The minimum absolute atomic E-state index is 0.0696. The molecule has 1 aromatic heterocycles. The van der Waals surface area contributed by atoms with Gasteiger partial charge in [-0.25, -0.2) is 0 Å². The van der Waals surface area contributed by atoms with Gasteiger partial charge in [-0.05, 0) is 30.4 Å². The smallest absolute Gasteiger partial charge is 0.148 e.